The van der Waals surface area contributed by atoms with Gasteiger partial charge in [0, 0.05) is 76.5 Å². The van der Waals surface area contributed by atoms with Gasteiger partial charge in [0.25, 0.3) is 5.91 Å². The molecule has 7 aliphatic heterocycles. The molecule has 1 unspecified atom stereocenters. The summed E-state index contributed by atoms with van der Waals surface area (Å²) < 4.78 is 17.9. The summed E-state index contributed by atoms with van der Waals surface area (Å²) in [6, 6.07) is 12.4. The van der Waals surface area contributed by atoms with E-state index in [2.05, 4.69) is 21.2 Å². The van der Waals surface area contributed by atoms with Gasteiger partial charge >= 0.3 is 12.1 Å². The standard InChI is InChI=1S/C38H50N6O6/c1-26-22-27(23-33-35(26)49-21-20-48-33)24-34(36(45)42-18-16-41(17-19-42)32-25-40-11-6-29(32)7-12-40)50-38(47)43-13-9-30(10-14-43)44-15-8-28-4-2-3-5-31(28)39-37(44)46/h2-5,22-23,29-30,32,34H,6-21,24-25H2,1H3,(H,39,46)/t32?,34-/m1/s1. The number of hydrogen-bond donors (Lipinski definition) is 1. The number of para-hydroxylation sites is 1. The molecule has 0 aliphatic carbocycles. The molecule has 4 amide bonds. The van der Waals surface area contributed by atoms with E-state index in [1.54, 1.807) is 4.90 Å². The first-order valence-corrected chi connectivity index (χ1v) is 18.6. The fourth-order valence-corrected chi connectivity index (χ4v) is 9.03. The molecular weight excluding hydrogens is 636 g/mol. The van der Waals surface area contributed by atoms with E-state index in [0.717, 1.165) is 60.1 Å². The number of carbonyl (C=O) groups is 3. The topological polar surface area (TPSA) is 107 Å². The Morgan fingerprint density at radius 3 is 2.42 bits per heavy atom. The number of piperidine rings is 4. The molecule has 2 aromatic rings. The van der Waals surface area contributed by atoms with Crippen molar-refractivity contribution in [2.75, 3.05) is 84.0 Å². The van der Waals surface area contributed by atoms with Crippen LogP contribution >= 0.6 is 0 Å². The number of benzene rings is 2. The van der Waals surface area contributed by atoms with Crippen LogP contribution in [0.1, 0.15) is 42.4 Å². The molecule has 5 saturated heterocycles. The summed E-state index contributed by atoms with van der Waals surface area (Å²) in [6.45, 7) is 11.0. The largest absolute Gasteiger partial charge is 0.486 e. The van der Waals surface area contributed by atoms with E-state index in [1.807, 2.05) is 47.1 Å². The van der Waals surface area contributed by atoms with E-state index in [9.17, 15) is 14.4 Å². The molecule has 12 heteroatoms. The molecule has 7 heterocycles. The fraction of sp³-hybridized carbons (Fsp3) is 0.605. The zero-order valence-corrected chi connectivity index (χ0v) is 29.2. The van der Waals surface area contributed by atoms with Gasteiger partial charge in [-0.2, -0.15) is 0 Å². The summed E-state index contributed by atoms with van der Waals surface area (Å²) >= 11 is 0. The van der Waals surface area contributed by atoms with Crippen molar-refractivity contribution in [3.05, 3.63) is 53.1 Å². The number of likely N-dealkylation sites (tertiary alicyclic amines) is 1. The predicted octanol–water partition coefficient (Wildman–Crippen LogP) is 3.61. The van der Waals surface area contributed by atoms with Crippen LogP contribution in [0.5, 0.6) is 11.5 Å². The summed E-state index contributed by atoms with van der Waals surface area (Å²) in [6.07, 6.45) is 3.46. The van der Waals surface area contributed by atoms with E-state index in [4.69, 9.17) is 14.2 Å². The number of urea groups is 1. The van der Waals surface area contributed by atoms with E-state index in [-0.39, 0.29) is 24.4 Å². The van der Waals surface area contributed by atoms with Crippen molar-refractivity contribution in [2.24, 2.45) is 5.92 Å². The van der Waals surface area contributed by atoms with Crippen LogP contribution in [0.15, 0.2) is 36.4 Å². The molecule has 0 spiro atoms. The molecule has 1 N–H and O–H groups in total. The van der Waals surface area contributed by atoms with Crippen LogP contribution in [0.25, 0.3) is 0 Å². The maximum atomic E-state index is 14.2. The number of aryl methyl sites for hydroxylation is 1. The van der Waals surface area contributed by atoms with Crippen molar-refractivity contribution in [3.8, 4) is 11.5 Å². The van der Waals surface area contributed by atoms with Gasteiger partial charge in [-0.3, -0.25) is 9.69 Å². The van der Waals surface area contributed by atoms with Crippen LogP contribution in [0.2, 0.25) is 0 Å². The summed E-state index contributed by atoms with van der Waals surface area (Å²) in [5.74, 6) is 2.00. The quantitative estimate of drug-likeness (QED) is 0.492. The molecular formula is C38H50N6O6. The average molecular weight is 687 g/mol. The molecule has 50 heavy (non-hydrogen) atoms. The van der Waals surface area contributed by atoms with Crippen molar-refractivity contribution in [2.45, 2.75) is 63.6 Å². The normalized spacial score (nSPS) is 26.1. The molecule has 7 aliphatic rings. The van der Waals surface area contributed by atoms with Gasteiger partial charge in [-0.15, -0.1) is 0 Å². The number of amides is 4. The third-order valence-electron chi connectivity index (χ3n) is 11.8. The first-order chi connectivity index (χ1) is 24.4. The number of anilines is 1. The smallest absolute Gasteiger partial charge is 0.410 e. The van der Waals surface area contributed by atoms with Crippen LogP contribution in [0, 0.1) is 12.8 Å². The van der Waals surface area contributed by atoms with Crippen molar-refractivity contribution in [1.82, 2.24) is 24.5 Å². The second-order valence-corrected chi connectivity index (χ2v) is 14.8. The summed E-state index contributed by atoms with van der Waals surface area (Å²) in [4.78, 5) is 51.8. The molecule has 2 atom stereocenters. The van der Waals surface area contributed by atoms with Gasteiger partial charge in [0.05, 0.1) is 0 Å². The monoisotopic (exact) mass is 686 g/mol. The Morgan fingerprint density at radius 2 is 1.66 bits per heavy atom. The van der Waals surface area contributed by atoms with Crippen LogP contribution in [0.4, 0.5) is 15.3 Å². The number of hydrogen-bond acceptors (Lipinski definition) is 8. The van der Waals surface area contributed by atoms with Crippen molar-refractivity contribution in [1.29, 1.82) is 0 Å². The third kappa shape index (κ3) is 6.84. The lowest BCUT2D eigenvalue weighted by atomic mass is 9.83. The Kier molecular flexibility index (Phi) is 9.48. The number of carbonyl (C=O) groups excluding carboxylic acids is 3. The van der Waals surface area contributed by atoms with Gasteiger partial charge in [0.1, 0.15) is 13.2 Å². The Hall–Kier alpha value is -4.03. The third-order valence-corrected chi connectivity index (χ3v) is 11.8. The fourth-order valence-electron chi connectivity index (χ4n) is 9.03. The van der Waals surface area contributed by atoms with E-state index in [0.29, 0.717) is 70.6 Å². The average Bonchev–Trinajstić information content (AvgIpc) is 3.33. The van der Waals surface area contributed by atoms with Crippen LogP contribution in [0.3, 0.4) is 0 Å². The summed E-state index contributed by atoms with van der Waals surface area (Å²) in [7, 11) is 0. The van der Waals surface area contributed by atoms with Crippen LogP contribution in [-0.4, -0.2) is 139 Å². The number of rotatable bonds is 6. The van der Waals surface area contributed by atoms with Gasteiger partial charge in [-0.1, -0.05) is 24.3 Å². The lowest BCUT2D eigenvalue weighted by Gasteiger charge is -2.51. The first kappa shape index (κ1) is 33.1. The van der Waals surface area contributed by atoms with Gasteiger partial charge < -0.3 is 39.1 Å². The minimum atomic E-state index is -0.958. The molecule has 0 saturated carbocycles. The highest BCUT2D eigenvalue weighted by atomic mass is 16.6. The van der Waals surface area contributed by atoms with E-state index < -0.39 is 12.2 Å². The van der Waals surface area contributed by atoms with E-state index in [1.165, 1.54) is 25.9 Å². The lowest BCUT2D eigenvalue weighted by Crippen LogP contribution is -2.62. The zero-order valence-electron chi connectivity index (χ0n) is 29.2. The number of nitrogens with one attached hydrogen (secondary N) is 1. The Labute approximate surface area is 294 Å². The van der Waals surface area contributed by atoms with Gasteiger partial charge in [0.2, 0.25) is 0 Å². The van der Waals surface area contributed by atoms with Gasteiger partial charge in [-0.25, -0.2) is 9.59 Å². The van der Waals surface area contributed by atoms with Crippen LogP contribution in [-0.2, 0) is 22.4 Å². The second kappa shape index (κ2) is 14.3. The Balaban J connectivity index is 0.922. The van der Waals surface area contributed by atoms with Gasteiger partial charge in [-0.05, 0) is 86.9 Å². The lowest BCUT2D eigenvalue weighted by molar-refractivity contribution is -0.143. The highest BCUT2D eigenvalue weighted by molar-refractivity contribution is 5.91. The minimum absolute atomic E-state index is 0.0268. The number of fused-ring (bicyclic) bond motifs is 5. The Morgan fingerprint density at radius 1 is 0.900 bits per heavy atom. The molecule has 268 valence electrons. The number of piperazine rings is 1. The molecule has 2 aromatic carbocycles. The zero-order chi connectivity index (χ0) is 34.2. The van der Waals surface area contributed by atoms with Crippen LogP contribution < -0.4 is 14.8 Å². The molecule has 5 fully saturated rings. The highest BCUT2D eigenvalue weighted by Gasteiger charge is 2.40. The van der Waals surface area contributed by atoms with Gasteiger partial charge in [0.15, 0.2) is 17.6 Å². The molecule has 2 bridgehead atoms. The number of ether oxygens (including phenoxy) is 3. The summed E-state index contributed by atoms with van der Waals surface area (Å²) in [5.41, 5.74) is 3.80. The maximum Gasteiger partial charge on any atom is 0.410 e. The van der Waals surface area contributed by atoms with E-state index >= 15 is 0 Å². The first-order valence-electron chi connectivity index (χ1n) is 18.6. The molecule has 12 nitrogen and oxygen atoms in total. The molecule has 0 aromatic heterocycles. The minimum Gasteiger partial charge on any atom is -0.486 e. The van der Waals surface area contributed by atoms with Crippen molar-refractivity contribution >= 4 is 23.7 Å². The summed E-state index contributed by atoms with van der Waals surface area (Å²) in [5, 5.41) is 3.07. The van der Waals surface area contributed by atoms with Crippen molar-refractivity contribution in [3.63, 3.8) is 0 Å². The molecule has 0 radical (unpaired) electrons. The Bertz CT molecular complexity index is 1580. The molecule has 9 rings (SSSR count). The van der Waals surface area contributed by atoms with Crippen molar-refractivity contribution < 1.29 is 28.6 Å². The SMILES string of the molecule is Cc1cc(C[C@@H](OC(=O)N2CCC(N3CCc4ccccc4NC3=O)CC2)C(=O)N2CCN(C3CN4CCC3CC4)CC2)cc2c1OCCO2. The number of nitrogens with zero attached hydrogens (tertiary/aromatic N) is 5. The predicted molar refractivity (Wildman–Crippen MR) is 188 cm³/mol. The highest BCUT2D eigenvalue weighted by Crippen LogP contribution is 2.36. The maximum absolute atomic E-state index is 14.2. The second-order valence-electron chi connectivity index (χ2n) is 14.8.